The SMILES string of the molecule is O=C(NCc1ccccc1)c1c(N=Cc2ccc(N3CCOCC3)cc2)sc2c1CCCC2. The van der Waals surface area contributed by atoms with Gasteiger partial charge in [0.25, 0.3) is 5.91 Å². The predicted octanol–water partition coefficient (Wildman–Crippen LogP) is 5.14. The van der Waals surface area contributed by atoms with Crippen LogP contribution in [-0.2, 0) is 24.1 Å². The summed E-state index contributed by atoms with van der Waals surface area (Å²) in [6, 6.07) is 18.5. The molecule has 2 aliphatic rings. The van der Waals surface area contributed by atoms with Crippen LogP contribution in [0, 0.1) is 0 Å². The summed E-state index contributed by atoms with van der Waals surface area (Å²) in [5.74, 6) is -0.0203. The van der Waals surface area contributed by atoms with Crippen LogP contribution in [0.5, 0.6) is 0 Å². The molecule has 1 fully saturated rings. The average Bonchev–Trinajstić information content (AvgIpc) is 3.26. The molecule has 1 aromatic heterocycles. The van der Waals surface area contributed by atoms with E-state index in [-0.39, 0.29) is 5.91 Å². The maximum Gasteiger partial charge on any atom is 0.254 e. The molecule has 0 bridgehead atoms. The number of fused-ring (bicyclic) bond motifs is 1. The van der Waals surface area contributed by atoms with E-state index in [0.29, 0.717) is 6.54 Å². The normalized spacial score (nSPS) is 16.1. The summed E-state index contributed by atoms with van der Waals surface area (Å²) in [7, 11) is 0. The first kappa shape index (κ1) is 21.9. The summed E-state index contributed by atoms with van der Waals surface area (Å²) in [4.78, 5) is 21.7. The number of benzene rings is 2. The van der Waals surface area contributed by atoms with E-state index in [9.17, 15) is 4.79 Å². The Balaban J connectivity index is 1.34. The fraction of sp³-hybridized carbons (Fsp3) is 0.333. The lowest BCUT2D eigenvalue weighted by Gasteiger charge is -2.28. The number of aliphatic imine (C=N–C) groups is 1. The number of aryl methyl sites for hydroxylation is 1. The van der Waals surface area contributed by atoms with Gasteiger partial charge in [0.05, 0.1) is 18.8 Å². The third kappa shape index (κ3) is 5.18. The van der Waals surface area contributed by atoms with E-state index in [1.54, 1.807) is 11.3 Å². The zero-order valence-electron chi connectivity index (χ0n) is 18.8. The van der Waals surface area contributed by atoms with Gasteiger partial charge in [-0.2, -0.15) is 0 Å². The smallest absolute Gasteiger partial charge is 0.254 e. The molecule has 0 spiro atoms. The Labute approximate surface area is 199 Å². The highest BCUT2D eigenvalue weighted by Gasteiger charge is 2.25. The monoisotopic (exact) mass is 459 g/mol. The number of nitrogens with one attached hydrogen (secondary N) is 1. The number of ether oxygens (including phenoxy) is 1. The van der Waals surface area contributed by atoms with Gasteiger partial charge in [-0.25, -0.2) is 4.99 Å². The topological polar surface area (TPSA) is 53.9 Å². The minimum absolute atomic E-state index is 0.0203. The summed E-state index contributed by atoms with van der Waals surface area (Å²) in [6.07, 6.45) is 6.21. The van der Waals surface area contributed by atoms with Crippen LogP contribution >= 0.6 is 11.3 Å². The summed E-state index contributed by atoms with van der Waals surface area (Å²) in [5.41, 5.74) is 5.32. The van der Waals surface area contributed by atoms with Crippen LogP contribution in [0.2, 0.25) is 0 Å². The number of hydrogen-bond acceptors (Lipinski definition) is 5. The number of rotatable bonds is 6. The number of carbonyl (C=O) groups is 1. The van der Waals surface area contributed by atoms with Crippen molar-refractivity contribution in [1.82, 2.24) is 5.32 Å². The quantitative estimate of drug-likeness (QED) is 0.519. The van der Waals surface area contributed by atoms with Crippen molar-refractivity contribution in [3.8, 4) is 0 Å². The number of carbonyl (C=O) groups excluding carboxylic acids is 1. The number of anilines is 1. The highest BCUT2D eigenvalue weighted by Crippen LogP contribution is 2.39. The van der Waals surface area contributed by atoms with Crippen molar-refractivity contribution in [1.29, 1.82) is 0 Å². The largest absolute Gasteiger partial charge is 0.378 e. The van der Waals surface area contributed by atoms with E-state index in [4.69, 9.17) is 9.73 Å². The Morgan fingerprint density at radius 3 is 2.58 bits per heavy atom. The van der Waals surface area contributed by atoms with Crippen LogP contribution in [0.25, 0.3) is 0 Å². The molecule has 0 atom stereocenters. The first-order valence-electron chi connectivity index (χ1n) is 11.7. The first-order chi connectivity index (χ1) is 16.3. The van der Waals surface area contributed by atoms with Crippen molar-refractivity contribution in [3.63, 3.8) is 0 Å². The summed E-state index contributed by atoms with van der Waals surface area (Å²) < 4.78 is 5.45. The van der Waals surface area contributed by atoms with Crippen molar-refractivity contribution in [2.75, 3.05) is 31.2 Å². The number of thiophene rings is 1. The molecule has 0 unspecified atom stereocenters. The Kier molecular flexibility index (Phi) is 6.84. The van der Waals surface area contributed by atoms with Crippen LogP contribution in [-0.4, -0.2) is 38.4 Å². The van der Waals surface area contributed by atoms with Crippen molar-refractivity contribution in [3.05, 3.63) is 81.7 Å². The molecule has 170 valence electrons. The summed E-state index contributed by atoms with van der Waals surface area (Å²) in [6.45, 7) is 3.93. The lowest BCUT2D eigenvalue weighted by Crippen LogP contribution is -2.36. The molecule has 33 heavy (non-hydrogen) atoms. The third-order valence-corrected chi connectivity index (χ3v) is 7.48. The second kappa shape index (κ2) is 10.3. The van der Waals surface area contributed by atoms with Gasteiger partial charge < -0.3 is 15.0 Å². The molecule has 1 saturated heterocycles. The van der Waals surface area contributed by atoms with E-state index >= 15 is 0 Å². The van der Waals surface area contributed by atoms with Gasteiger partial charge in [0, 0.05) is 36.4 Å². The maximum atomic E-state index is 13.2. The molecule has 2 heterocycles. The maximum absolute atomic E-state index is 13.2. The zero-order valence-corrected chi connectivity index (χ0v) is 19.6. The van der Waals surface area contributed by atoms with Crippen LogP contribution in [0.4, 0.5) is 10.7 Å². The van der Waals surface area contributed by atoms with Crippen LogP contribution in [0.3, 0.4) is 0 Å². The molecule has 1 N–H and O–H groups in total. The van der Waals surface area contributed by atoms with Crippen molar-refractivity contribution in [2.45, 2.75) is 32.2 Å². The van der Waals surface area contributed by atoms with Gasteiger partial charge in [0.15, 0.2) is 0 Å². The van der Waals surface area contributed by atoms with E-state index in [1.165, 1.54) is 22.5 Å². The van der Waals surface area contributed by atoms with Gasteiger partial charge in [-0.1, -0.05) is 42.5 Å². The molecule has 1 amide bonds. The van der Waals surface area contributed by atoms with E-state index in [2.05, 4.69) is 34.5 Å². The average molecular weight is 460 g/mol. The minimum Gasteiger partial charge on any atom is -0.378 e. The van der Waals surface area contributed by atoms with Gasteiger partial charge in [-0.3, -0.25) is 4.79 Å². The van der Waals surface area contributed by atoms with E-state index < -0.39 is 0 Å². The second-order valence-electron chi connectivity index (χ2n) is 8.51. The van der Waals surface area contributed by atoms with Gasteiger partial charge >= 0.3 is 0 Å². The Morgan fingerprint density at radius 2 is 1.79 bits per heavy atom. The number of nitrogens with zero attached hydrogens (tertiary/aromatic N) is 2. The number of morpholine rings is 1. The molecule has 6 heteroatoms. The molecule has 5 rings (SSSR count). The van der Waals surface area contributed by atoms with Crippen LogP contribution < -0.4 is 10.2 Å². The van der Waals surface area contributed by atoms with Crippen molar-refractivity contribution in [2.24, 2.45) is 4.99 Å². The molecule has 2 aromatic carbocycles. The fourth-order valence-electron chi connectivity index (χ4n) is 4.47. The molecular weight excluding hydrogens is 430 g/mol. The molecule has 3 aromatic rings. The Bertz CT molecular complexity index is 1120. The fourth-order valence-corrected chi connectivity index (χ4v) is 5.70. The molecule has 0 saturated carbocycles. The van der Waals surface area contributed by atoms with Gasteiger partial charge in [-0.05, 0) is 54.5 Å². The highest BCUT2D eigenvalue weighted by molar-refractivity contribution is 7.16. The van der Waals surface area contributed by atoms with Crippen molar-refractivity contribution >= 4 is 34.1 Å². The highest BCUT2D eigenvalue weighted by atomic mass is 32.1. The van der Waals surface area contributed by atoms with Crippen molar-refractivity contribution < 1.29 is 9.53 Å². The van der Waals surface area contributed by atoms with E-state index in [1.807, 2.05) is 36.5 Å². The summed E-state index contributed by atoms with van der Waals surface area (Å²) >= 11 is 1.68. The molecule has 1 aliphatic heterocycles. The summed E-state index contributed by atoms with van der Waals surface area (Å²) in [5, 5.41) is 3.94. The van der Waals surface area contributed by atoms with Gasteiger partial charge in [0.1, 0.15) is 5.00 Å². The van der Waals surface area contributed by atoms with Crippen LogP contribution in [0.1, 0.15) is 44.8 Å². The molecule has 5 nitrogen and oxygen atoms in total. The Hall–Kier alpha value is -2.96. The number of amides is 1. The standard InChI is InChI=1S/C27H29N3O2S/c31-26(28-18-20-6-2-1-3-7-20)25-23-8-4-5-9-24(23)33-27(25)29-19-21-10-12-22(13-11-21)30-14-16-32-17-15-30/h1-3,6-7,10-13,19H,4-5,8-9,14-18H2,(H,28,31). The third-order valence-electron chi connectivity index (χ3n) is 6.28. The zero-order chi connectivity index (χ0) is 22.5. The second-order valence-corrected chi connectivity index (χ2v) is 9.59. The Morgan fingerprint density at radius 1 is 1.03 bits per heavy atom. The minimum atomic E-state index is -0.0203. The van der Waals surface area contributed by atoms with Gasteiger partial charge in [0.2, 0.25) is 0 Å². The molecule has 0 radical (unpaired) electrons. The van der Waals surface area contributed by atoms with Gasteiger partial charge in [-0.15, -0.1) is 11.3 Å². The van der Waals surface area contributed by atoms with E-state index in [0.717, 1.165) is 67.3 Å². The predicted molar refractivity (Wildman–Crippen MR) is 135 cm³/mol. The molecule has 1 aliphatic carbocycles. The lowest BCUT2D eigenvalue weighted by atomic mass is 9.95. The first-order valence-corrected chi connectivity index (χ1v) is 12.5. The molecular formula is C27H29N3O2S. The van der Waals surface area contributed by atoms with Crippen LogP contribution in [0.15, 0.2) is 59.6 Å². The lowest BCUT2D eigenvalue weighted by molar-refractivity contribution is 0.0951. The number of hydrogen-bond donors (Lipinski definition) is 1.